The van der Waals surface area contributed by atoms with Crippen LogP contribution in [0.2, 0.25) is 10.0 Å². The molecule has 0 aliphatic carbocycles. The molecule has 10 heteroatoms. The summed E-state index contributed by atoms with van der Waals surface area (Å²) in [6.45, 7) is 6.74. The van der Waals surface area contributed by atoms with E-state index >= 15 is 0 Å². The number of rotatable bonds is 7. The van der Waals surface area contributed by atoms with Crippen LogP contribution in [-0.4, -0.2) is 35.6 Å². The number of nitrogens with zero attached hydrogens (tertiary/aromatic N) is 3. The van der Waals surface area contributed by atoms with Crippen LogP contribution in [0.25, 0.3) is 17.4 Å². The van der Waals surface area contributed by atoms with Crippen molar-refractivity contribution < 1.29 is 13.9 Å². The number of hydrogen-bond donors (Lipinski definition) is 0. The lowest BCUT2D eigenvalue weighted by molar-refractivity contribution is -0.127. The Bertz CT molecular complexity index is 1810. The van der Waals surface area contributed by atoms with Gasteiger partial charge in [-0.25, -0.2) is 4.99 Å². The van der Waals surface area contributed by atoms with Crippen LogP contribution in [0.15, 0.2) is 80.1 Å². The second-order valence-corrected chi connectivity index (χ2v) is 11.0. The molecule has 2 aromatic carbocycles. The SMILES string of the molecule is CCN(CC)C(=O)C1=C(C)N=c2s/c(=C/c3ccc(-c4cc(Cl)ccc4Cl)o3)c(=O)n2[C@H]1c1ccccc1OC. The average Bonchev–Trinajstić information content (AvgIpc) is 3.54. The first-order valence-corrected chi connectivity index (χ1v) is 14.3. The van der Waals surface area contributed by atoms with Crippen molar-refractivity contribution in [3.63, 3.8) is 0 Å². The molecule has 0 saturated carbocycles. The van der Waals surface area contributed by atoms with Crippen LogP contribution < -0.4 is 19.6 Å². The maximum atomic E-state index is 14.0. The molecule has 0 radical (unpaired) electrons. The van der Waals surface area contributed by atoms with Crippen LogP contribution in [0.5, 0.6) is 5.75 Å². The number of aromatic nitrogens is 1. The number of halogens is 2. The minimum Gasteiger partial charge on any atom is -0.496 e. The third-order valence-corrected chi connectivity index (χ3v) is 8.38. The normalized spacial score (nSPS) is 15.2. The highest BCUT2D eigenvalue weighted by molar-refractivity contribution is 7.07. The molecule has 5 rings (SSSR count). The summed E-state index contributed by atoms with van der Waals surface area (Å²) in [4.78, 5) is 34.7. The second kappa shape index (κ2) is 11.5. The zero-order valence-electron chi connectivity index (χ0n) is 22.4. The first kappa shape index (κ1) is 28.0. The van der Waals surface area contributed by atoms with E-state index in [0.29, 0.717) is 72.1 Å². The zero-order valence-corrected chi connectivity index (χ0v) is 24.7. The van der Waals surface area contributed by atoms with Gasteiger partial charge in [0.05, 0.1) is 27.9 Å². The fourth-order valence-corrected chi connectivity index (χ4v) is 6.26. The molecule has 1 aliphatic rings. The van der Waals surface area contributed by atoms with E-state index in [0.717, 1.165) is 0 Å². The Morgan fingerprint density at radius 3 is 2.62 bits per heavy atom. The quantitative estimate of drug-likeness (QED) is 0.275. The minimum atomic E-state index is -0.708. The largest absolute Gasteiger partial charge is 0.496 e. The van der Waals surface area contributed by atoms with Crippen LogP contribution >= 0.6 is 34.5 Å². The lowest BCUT2D eigenvalue weighted by Gasteiger charge is -2.29. The fraction of sp³-hybridized carbons (Fsp3) is 0.233. The number of likely N-dealkylation sites (N-methyl/N-ethyl adjacent to an activating group) is 1. The summed E-state index contributed by atoms with van der Waals surface area (Å²) < 4.78 is 13.7. The third-order valence-electron chi connectivity index (χ3n) is 6.83. The number of hydrogen-bond acceptors (Lipinski definition) is 6. The van der Waals surface area contributed by atoms with Gasteiger partial charge in [-0.1, -0.05) is 52.7 Å². The Labute approximate surface area is 245 Å². The molecule has 0 saturated heterocycles. The molecule has 0 bridgehead atoms. The number of methoxy groups -OCH3 is 1. The van der Waals surface area contributed by atoms with E-state index in [1.165, 1.54) is 11.3 Å². The third kappa shape index (κ3) is 5.03. The lowest BCUT2D eigenvalue weighted by Crippen LogP contribution is -2.43. The standard InChI is InChI=1S/C30H27Cl2N3O4S/c1-5-34(6-2)29(37)26-17(3)33-30-35(27(26)20-9-7-8-10-23(20)38-4)28(36)25(40-30)16-19-12-14-24(39-19)21-15-18(31)11-13-22(21)32/h7-16,27H,5-6H2,1-4H3/b25-16+/t27-/m0/s1. The smallest absolute Gasteiger partial charge is 0.271 e. The molecule has 0 fully saturated rings. The van der Waals surface area contributed by atoms with E-state index in [9.17, 15) is 9.59 Å². The minimum absolute atomic E-state index is 0.162. The molecule has 3 heterocycles. The number of para-hydroxylation sites is 1. The van der Waals surface area contributed by atoms with Crippen LogP contribution in [-0.2, 0) is 4.79 Å². The molecular weight excluding hydrogens is 569 g/mol. The maximum Gasteiger partial charge on any atom is 0.271 e. The number of furan rings is 1. The fourth-order valence-electron chi connectivity index (χ4n) is 4.85. The van der Waals surface area contributed by atoms with Crippen molar-refractivity contribution >= 4 is 46.5 Å². The van der Waals surface area contributed by atoms with Crippen molar-refractivity contribution in [2.24, 2.45) is 4.99 Å². The van der Waals surface area contributed by atoms with Crippen LogP contribution in [0, 0.1) is 0 Å². The molecule has 0 spiro atoms. The number of carbonyl (C=O) groups is 1. The predicted octanol–water partition coefficient (Wildman–Crippen LogP) is 5.68. The van der Waals surface area contributed by atoms with Crippen LogP contribution in [0.1, 0.15) is 38.1 Å². The highest BCUT2D eigenvalue weighted by Crippen LogP contribution is 2.36. The Hall–Kier alpha value is -3.59. The van der Waals surface area contributed by atoms with E-state index < -0.39 is 6.04 Å². The molecule has 0 N–H and O–H groups in total. The topological polar surface area (TPSA) is 77.0 Å². The van der Waals surface area contributed by atoms with Crippen molar-refractivity contribution in [1.29, 1.82) is 0 Å². The Morgan fingerprint density at radius 1 is 1.15 bits per heavy atom. The van der Waals surface area contributed by atoms with Crippen molar-refractivity contribution in [2.75, 3.05) is 20.2 Å². The van der Waals surface area contributed by atoms with Gasteiger partial charge in [0.2, 0.25) is 0 Å². The van der Waals surface area contributed by atoms with Crippen molar-refractivity contribution in [2.45, 2.75) is 26.8 Å². The Kier molecular flexibility index (Phi) is 8.03. The average molecular weight is 597 g/mol. The summed E-state index contributed by atoms with van der Waals surface area (Å²) in [5.41, 5.74) is 2.09. The number of thiazole rings is 1. The zero-order chi connectivity index (χ0) is 28.6. The van der Waals surface area contributed by atoms with Gasteiger partial charge in [0.15, 0.2) is 4.80 Å². The number of benzene rings is 2. The molecule has 40 heavy (non-hydrogen) atoms. The van der Waals surface area contributed by atoms with E-state index in [1.807, 2.05) is 45.0 Å². The van der Waals surface area contributed by atoms with Gasteiger partial charge in [-0.2, -0.15) is 0 Å². The second-order valence-electron chi connectivity index (χ2n) is 9.13. The molecule has 7 nitrogen and oxygen atoms in total. The predicted molar refractivity (Wildman–Crippen MR) is 159 cm³/mol. The Morgan fingerprint density at radius 2 is 1.90 bits per heavy atom. The first-order chi connectivity index (χ1) is 19.3. The van der Waals surface area contributed by atoms with Gasteiger partial charge in [-0.15, -0.1) is 0 Å². The van der Waals surface area contributed by atoms with E-state index in [4.69, 9.17) is 37.3 Å². The summed E-state index contributed by atoms with van der Waals surface area (Å²) in [6, 6.07) is 15.4. The van der Waals surface area contributed by atoms with Crippen molar-refractivity contribution in [3.05, 3.63) is 107 Å². The van der Waals surface area contributed by atoms with E-state index in [2.05, 4.69) is 0 Å². The van der Waals surface area contributed by atoms with E-state index in [1.54, 1.807) is 53.0 Å². The Balaban J connectivity index is 1.68. The van der Waals surface area contributed by atoms with Crippen LogP contribution in [0.3, 0.4) is 0 Å². The molecule has 1 amide bonds. The molecular formula is C30H27Cl2N3O4S. The van der Waals surface area contributed by atoms with Gasteiger partial charge in [-0.3, -0.25) is 14.2 Å². The van der Waals surface area contributed by atoms with Crippen LogP contribution in [0.4, 0.5) is 0 Å². The summed E-state index contributed by atoms with van der Waals surface area (Å²) in [6.07, 6.45) is 1.68. The van der Waals surface area contributed by atoms with Gasteiger partial charge in [-0.05, 0) is 57.2 Å². The molecule has 1 atom stereocenters. The summed E-state index contributed by atoms with van der Waals surface area (Å²) >= 11 is 13.7. The lowest BCUT2D eigenvalue weighted by atomic mass is 9.94. The first-order valence-electron chi connectivity index (χ1n) is 12.8. The van der Waals surface area contributed by atoms with Gasteiger partial charge < -0.3 is 14.1 Å². The summed E-state index contributed by atoms with van der Waals surface area (Å²) in [5, 5.41) is 1.04. The molecule has 0 unspecified atom stereocenters. The van der Waals surface area contributed by atoms with Gasteiger partial charge in [0, 0.05) is 35.3 Å². The maximum absolute atomic E-state index is 14.0. The summed E-state index contributed by atoms with van der Waals surface area (Å²) in [7, 11) is 1.58. The number of allylic oxidation sites excluding steroid dienone is 1. The number of carbonyl (C=O) groups excluding carboxylic acids is 1. The molecule has 4 aromatic rings. The number of fused-ring (bicyclic) bond motifs is 1. The number of amides is 1. The molecule has 206 valence electrons. The summed E-state index contributed by atoms with van der Waals surface area (Å²) in [5.74, 6) is 1.42. The van der Waals surface area contributed by atoms with Crippen molar-refractivity contribution in [3.8, 4) is 17.1 Å². The number of ether oxygens (including phenoxy) is 1. The van der Waals surface area contributed by atoms with Gasteiger partial charge >= 0.3 is 0 Å². The molecule has 2 aromatic heterocycles. The monoisotopic (exact) mass is 595 g/mol. The highest BCUT2D eigenvalue weighted by Gasteiger charge is 2.35. The van der Waals surface area contributed by atoms with Crippen molar-refractivity contribution in [1.82, 2.24) is 9.47 Å². The highest BCUT2D eigenvalue weighted by atomic mass is 35.5. The molecule has 1 aliphatic heterocycles. The van der Waals surface area contributed by atoms with Gasteiger partial charge in [0.1, 0.15) is 23.3 Å². The van der Waals surface area contributed by atoms with E-state index in [-0.39, 0.29) is 11.5 Å². The van der Waals surface area contributed by atoms with Gasteiger partial charge in [0.25, 0.3) is 11.5 Å².